The number of benzene rings is 1. The molecule has 3 heteroatoms. The van der Waals surface area contributed by atoms with Crippen LogP contribution in [0.4, 0.5) is 4.39 Å². The minimum absolute atomic E-state index is 0.108. The summed E-state index contributed by atoms with van der Waals surface area (Å²) in [5.74, 6) is -0.0217. The Morgan fingerprint density at radius 2 is 2.18 bits per heavy atom. The third-order valence-electron chi connectivity index (χ3n) is 3.10. The molecule has 0 saturated heterocycles. The van der Waals surface area contributed by atoms with E-state index in [4.69, 9.17) is 4.74 Å². The van der Waals surface area contributed by atoms with Gasteiger partial charge in [-0.25, -0.2) is 4.39 Å². The molecule has 0 aliphatic heterocycles. The van der Waals surface area contributed by atoms with Crippen molar-refractivity contribution in [1.29, 1.82) is 0 Å². The lowest BCUT2D eigenvalue weighted by molar-refractivity contribution is 0.130. The molecule has 1 aromatic rings. The summed E-state index contributed by atoms with van der Waals surface area (Å²) in [6.45, 7) is 4.02. The van der Waals surface area contributed by atoms with Crippen LogP contribution in [0.3, 0.4) is 0 Å². The molecule has 94 valence electrons. The Morgan fingerprint density at radius 1 is 1.41 bits per heavy atom. The second-order valence-corrected chi connectivity index (χ2v) is 4.56. The Bertz CT molecular complexity index is 352. The van der Waals surface area contributed by atoms with Gasteiger partial charge in [-0.15, -0.1) is 0 Å². The summed E-state index contributed by atoms with van der Waals surface area (Å²) in [7, 11) is 0. The maximum Gasteiger partial charge on any atom is 0.126 e. The second kappa shape index (κ2) is 6.12. The molecule has 1 atom stereocenters. The zero-order chi connectivity index (χ0) is 12.1. The highest BCUT2D eigenvalue weighted by atomic mass is 19.1. The van der Waals surface area contributed by atoms with Crippen LogP contribution < -0.4 is 5.32 Å². The fourth-order valence-corrected chi connectivity index (χ4v) is 1.92. The van der Waals surface area contributed by atoms with Crippen LogP contribution >= 0.6 is 0 Å². The van der Waals surface area contributed by atoms with Crippen LogP contribution in [-0.4, -0.2) is 25.8 Å². The number of rotatable bonds is 7. The van der Waals surface area contributed by atoms with Gasteiger partial charge in [0.1, 0.15) is 5.82 Å². The zero-order valence-corrected chi connectivity index (χ0v) is 10.3. The van der Waals surface area contributed by atoms with E-state index in [0.29, 0.717) is 19.3 Å². The first-order valence-corrected chi connectivity index (χ1v) is 6.36. The Balaban J connectivity index is 1.99. The van der Waals surface area contributed by atoms with Crippen molar-refractivity contribution in [2.45, 2.75) is 31.7 Å². The first-order chi connectivity index (χ1) is 8.31. The van der Waals surface area contributed by atoms with E-state index >= 15 is 0 Å². The van der Waals surface area contributed by atoms with Gasteiger partial charge < -0.3 is 10.1 Å². The number of ether oxygens (including phenoxy) is 1. The Kier molecular flexibility index (Phi) is 4.51. The molecule has 1 aliphatic carbocycles. The third-order valence-corrected chi connectivity index (χ3v) is 3.10. The van der Waals surface area contributed by atoms with Crippen LogP contribution in [0.1, 0.15) is 31.2 Å². The monoisotopic (exact) mass is 237 g/mol. The molecular formula is C14H20FNO. The number of nitrogens with one attached hydrogen (secondary N) is 1. The molecule has 1 fully saturated rings. The van der Waals surface area contributed by atoms with Gasteiger partial charge in [0.15, 0.2) is 0 Å². The predicted octanol–water partition coefficient (Wildman–Crippen LogP) is 2.70. The Hall–Kier alpha value is -0.930. The van der Waals surface area contributed by atoms with E-state index in [1.165, 1.54) is 18.9 Å². The number of hydrogen-bond acceptors (Lipinski definition) is 2. The zero-order valence-electron chi connectivity index (χ0n) is 10.3. The van der Waals surface area contributed by atoms with Crippen molar-refractivity contribution in [2.24, 2.45) is 0 Å². The van der Waals surface area contributed by atoms with Crippen LogP contribution in [0.15, 0.2) is 24.3 Å². The summed E-state index contributed by atoms with van der Waals surface area (Å²) in [6, 6.07) is 7.63. The summed E-state index contributed by atoms with van der Waals surface area (Å²) in [5, 5.41) is 3.44. The molecule has 0 aromatic heterocycles. The maximum absolute atomic E-state index is 13.7. The molecule has 0 spiro atoms. The van der Waals surface area contributed by atoms with Crippen molar-refractivity contribution >= 4 is 0 Å². The highest BCUT2D eigenvalue weighted by Gasteiger charge is 2.23. The SMILES string of the molecule is CCOCC(CNC1CC1)c1ccccc1F. The highest BCUT2D eigenvalue weighted by molar-refractivity contribution is 5.22. The quantitative estimate of drug-likeness (QED) is 0.787. The van der Waals surface area contributed by atoms with E-state index in [0.717, 1.165) is 12.1 Å². The van der Waals surface area contributed by atoms with Crippen molar-refractivity contribution in [1.82, 2.24) is 5.32 Å². The van der Waals surface area contributed by atoms with Gasteiger partial charge in [-0.05, 0) is 31.4 Å². The van der Waals surface area contributed by atoms with Crippen molar-refractivity contribution in [3.05, 3.63) is 35.6 Å². The first kappa shape index (κ1) is 12.5. The summed E-state index contributed by atoms with van der Waals surface area (Å²) in [5.41, 5.74) is 0.758. The Labute approximate surface area is 102 Å². The van der Waals surface area contributed by atoms with Gasteiger partial charge >= 0.3 is 0 Å². The summed E-state index contributed by atoms with van der Waals surface area (Å²) in [6.07, 6.45) is 2.50. The van der Waals surface area contributed by atoms with Crippen LogP contribution in [0.2, 0.25) is 0 Å². The molecule has 1 N–H and O–H groups in total. The average Bonchev–Trinajstić information content (AvgIpc) is 3.15. The fourth-order valence-electron chi connectivity index (χ4n) is 1.92. The van der Waals surface area contributed by atoms with Crippen molar-refractivity contribution in [3.63, 3.8) is 0 Å². The summed E-state index contributed by atoms with van der Waals surface area (Å²) in [4.78, 5) is 0. The van der Waals surface area contributed by atoms with Gasteiger partial charge in [0.25, 0.3) is 0 Å². The van der Waals surface area contributed by atoms with E-state index in [1.54, 1.807) is 6.07 Å². The average molecular weight is 237 g/mol. The summed E-state index contributed by atoms with van der Waals surface area (Å²) < 4.78 is 19.2. The molecule has 0 radical (unpaired) electrons. The molecule has 0 heterocycles. The largest absolute Gasteiger partial charge is 0.381 e. The number of halogens is 1. The van der Waals surface area contributed by atoms with Crippen LogP contribution in [0.25, 0.3) is 0 Å². The third kappa shape index (κ3) is 3.79. The molecular weight excluding hydrogens is 217 g/mol. The highest BCUT2D eigenvalue weighted by Crippen LogP contribution is 2.23. The Morgan fingerprint density at radius 3 is 2.82 bits per heavy atom. The molecule has 1 aromatic carbocycles. The van der Waals surface area contributed by atoms with Crippen molar-refractivity contribution < 1.29 is 9.13 Å². The van der Waals surface area contributed by atoms with E-state index in [1.807, 2.05) is 19.1 Å². The van der Waals surface area contributed by atoms with Gasteiger partial charge in [-0.2, -0.15) is 0 Å². The van der Waals surface area contributed by atoms with Gasteiger partial charge in [-0.3, -0.25) is 0 Å². The van der Waals surface area contributed by atoms with Crippen LogP contribution in [0, 0.1) is 5.82 Å². The lowest BCUT2D eigenvalue weighted by Gasteiger charge is -2.18. The summed E-state index contributed by atoms with van der Waals surface area (Å²) >= 11 is 0. The number of hydrogen-bond donors (Lipinski definition) is 1. The minimum atomic E-state index is -0.130. The fraction of sp³-hybridized carbons (Fsp3) is 0.571. The topological polar surface area (TPSA) is 21.3 Å². The van der Waals surface area contributed by atoms with Gasteiger partial charge in [0.05, 0.1) is 6.61 Å². The molecule has 2 nitrogen and oxygen atoms in total. The molecule has 1 aliphatic rings. The van der Waals surface area contributed by atoms with Gasteiger partial charge in [0, 0.05) is 25.1 Å². The van der Waals surface area contributed by atoms with Crippen LogP contribution in [-0.2, 0) is 4.74 Å². The molecule has 1 saturated carbocycles. The molecule has 0 amide bonds. The normalized spacial score (nSPS) is 17.1. The molecule has 1 unspecified atom stereocenters. The van der Waals surface area contributed by atoms with Gasteiger partial charge in [-0.1, -0.05) is 18.2 Å². The lowest BCUT2D eigenvalue weighted by atomic mass is 9.99. The lowest BCUT2D eigenvalue weighted by Crippen LogP contribution is -2.27. The van der Waals surface area contributed by atoms with Crippen LogP contribution in [0.5, 0.6) is 0 Å². The van der Waals surface area contributed by atoms with E-state index in [9.17, 15) is 4.39 Å². The van der Waals surface area contributed by atoms with Crippen molar-refractivity contribution in [2.75, 3.05) is 19.8 Å². The smallest absolute Gasteiger partial charge is 0.126 e. The van der Waals surface area contributed by atoms with Crippen molar-refractivity contribution in [3.8, 4) is 0 Å². The molecule has 0 bridgehead atoms. The second-order valence-electron chi connectivity index (χ2n) is 4.56. The molecule has 17 heavy (non-hydrogen) atoms. The van der Waals surface area contributed by atoms with E-state index < -0.39 is 0 Å². The first-order valence-electron chi connectivity index (χ1n) is 6.36. The van der Waals surface area contributed by atoms with E-state index in [-0.39, 0.29) is 11.7 Å². The standard InChI is InChI=1S/C14H20FNO/c1-2-17-10-11(9-16-12-7-8-12)13-5-3-4-6-14(13)15/h3-6,11-12,16H,2,7-10H2,1H3. The van der Waals surface area contributed by atoms with Gasteiger partial charge in [0.2, 0.25) is 0 Å². The van der Waals surface area contributed by atoms with E-state index in [2.05, 4.69) is 5.32 Å². The minimum Gasteiger partial charge on any atom is -0.381 e. The predicted molar refractivity (Wildman–Crippen MR) is 66.7 cm³/mol. The molecule has 2 rings (SSSR count). The maximum atomic E-state index is 13.7.